The predicted octanol–water partition coefficient (Wildman–Crippen LogP) is 7.02. The molecule has 8 nitrogen and oxygen atoms in total. The average molecular weight is 564 g/mol. The zero-order valence-electron chi connectivity index (χ0n) is 24.9. The molecule has 0 saturated carbocycles. The lowest BCUT2D eigenvalue weighted by atomic mass is 10.0. The lowest BCUT2D eigenvalue weighted by molar-refractivity contribution is -0.0983. The summed E-state index contributed by atoms with van der Waals surface area (Å²) >= 11 is 0. The number of aryl methyl sites for hydroxylation is 1. The Morgan fingerprint density at radius 3 is 2.37 bits per heavy atom. The number of benzene rings is 2. The first-order chi connectivity index (χ1) is 19.3. The van der Waals surface area contributed by atoms with E-state index in [1.165, 1.54) is 12.1 Å². The van der Waals surface area contributed by atoms with Crippen LogP contribution in [0.4, 0.5) is 9.18 Å². The highest BCUT2D eigenvalue weighted by atomic mass is 19.1. The number of hydrogen-bond donors (Lipinski definition) is 0. The molecule has 0 aliphatic heterocycles. The fourth-order valence-corrected chi connectivity index (χ4v) is 4.93. The van der Waals surface area contributed by atoms with Crippen molar-refractivity contribution in [2.75, 3.05) is 7.11 Å². The maximum Gasteiger partial charge on any atom is 0.443 e. The number of methoxy groups -OCH3 is 1. The van der Waals surface area contributed by atoms with E-state index in [1.807, 2.05) is 45.0 Å². The molecule has 0 aliphatic rings. The van der Waals surface area contributed by atoms with Crippen molar-refractivity contribution in [1.29, 1.82) is 0 Å². The molecule has 0 radical (unpaired) electrons. The number of halogens is 1. The highest BCUT2D eigenvalue weighted by Crippen LogP contribution is 2.32. The Morgan fingerprint density at radius 1 is 1.07 bits per heavy atom. The summed E-state index contributed by atoms with van der Waals surface area (Å²) in [5, 5.41) is 2.62. The molecule has 4 aromatic rings. The Morgan fingerprint density at radius 2 is 1.76 bits per heavy atom. The third-order valence-electron chi connectivity index (χ3n) is 6.71. The molecule has 2 aromatic heterocycles. The number of ether oxygens (including phenoxy) is 2. The summed E-state index contributed by atoms with van der Waals surface area (Å²) in [6.45, 7) is 13.1. The maximum atomic E-state index is 15.8. The van der Waals surface area contributed by atoms with Crippen LogP contribution in [0.1, 0.15) is 59.2 Å². The zero-order chi connectivity index (χ0) is 30.1. The van der Waals surface area contributed by atoms with Crippen LogP contribution in [0, 0.1) is 18.7 Å². The highest BCUT2D eigenvalue weighted by molar-refractivity contribution is 6.06. The largest absolute Gasteiger partial charge is 0.497 e. The fourth-order valence-electron chi connectivity index (χ4n) is 4.93. The van der Waals surface area contributed by atoms with Crippen molar-refractivity contribution in [3.05, 3.63) is 76.1 Å². The number of amides is 1. The molecule has 0 fully saturated rings. The Bertz CT molecular complexity index is 1620. The molecule has 2 heterocycles. The summed E-state index contributed by atoms with van der Waals surface area (Å²) in [5.74, 6) is 0.0816. The van der Waals surface area contributed by atoms with Crippen LogP contribution in [-0.2, 0) is 11.3 Å². The zero-order valence-corrected chi connectivity index (χ0v) is 24.9. The molecule has 0 N–H and O–H groups in total. The van der Waals surface area contributed by atoms with Gasteiger partial charge < -0.3 is 18.9 Å². The van der Waals surface area contributed by atoms with Crippen LogP contribution in [0.15, 0.2) is 53.5 Å². The molecule has 9 heteroatoms. The van der Waals surface area contributed by atoms with Gasteiger partial charge in [-0.25, -0.2) is 9.18 Å². The Balaban J connectivity index is 1.90. The third-order valence-corrected chi connectivity index (χ3v) is 6.71. The summed E-state index contributed by atoms with van der Waals surface area (Å²) in [6.07, 6.45) is 1.49. The second kappa shape index (κ2) is 11.8. The molecule has 1 amide bonds. The lowest BCUT2D eigenvalue weighted by Crippen LogP contribution is -2.45. The molecule has 41 heavy (non-hydrogen) atoms. The van der Waals surface area contributed by atoms with E-state index in [-0.39, 0.29) is 23.8 Å². The van der Waals surface area contributed by atoms with Crippen molar-refractivity contribution >= 4 is 27.8 Å². The normalized spacial score (nSPS) is 12.5. The minimum atomic E-state index is -0.776. The molecule has 1 unspecified atom stereocenters. The van der Waals surface area contributed by atoms with Gasteiger partial charge in [0.2, 0.25) is 0 Å². The molecule has 0 saturated heterocycles. The van der Waals surface area contributed by atoms with Gasteiger partial charge in [-0.1, -0.05) is 26.0 Å². The fraction of sp³-hybridized carbons (Fsp3) is 0.406. The van der Waals surface area contributed by atoms with Crippen molar-refractivity contribution in [2.24, 2.45) is 5.92 Å². The molecule has 0 bridgehead atoms. The first-order valence-electron chi connectivity index (χ1n) is 13.7. The van der Waals surface area contributed by atoms with Gasteiger partial charge in [0.1, 0.15) is 11.4 Å². The lowest BCUT2D eigenvalue weighted by Gasteiger charge is -2.31. The van der Waals surface area contributed by atoms with Gasteiger partial charge in [0.15, 0.2) is 11.6 Å². The van der Waals surface area contributed by atoms with Crippen molar-refractivity contribution in [3.63, 3.8) is 0 Å². The second-order valence-electron chi connectivity index (χ2n) is 11.7. The second-order valence-corrected chi connectivity index (χ2v) is 11.7. The number of rotatable bonds is 8. The number of hydrogen-bond acceptors (Lipinski definition) is 6. The number of nitrogens with zero attached hydrogens (tertiary/aromatic N) is 3. The van der Waals surface area contributed by atoms with Gasteiger partial charge in [-0.3, -0.25) is 9.78 Å². The summed E-state index contributed by atoms with van der Waals surface area (Å²) in [4.78, 5) is 37.3. The molecule has 0 aliphatic carbocycles. The van der Waals surface area contributed by atoms with E-state index < -0.39 is 23.6 Å². The van der Waals surface area contributed by atoms with Gasteiger partial charge in [-0.05, 0) is 82.2 Å². The van der Waals surface area contributed by atoms with E-state index >= 15 is 4.39 Å². The van der Waals surface area contributed by atoms with Gasteiger partial charge in [0, 0.05) is 17.6 Å². The molecule has 0 spiro atoms. The van der Waals surface area contributed by atoms with E-state index in [0.29, 0.717) is 39.5 Å². The number of carbonyl (C=O) groups is 1. The SMILES string of the molecule is COc1ccc(Cn2c(=O)c3c(C)nccc3c3cc(F)c(ON(C(=O)OC(C)(C)C)C(C)CC(C)C)cc32)cc1. The van der Waals surface area contributed by atoms with Crippen molar-refractivity contribution < 1.29 is 23.5 Å². The van der Waals surface area contributed by atoms with Crippen LogP contribution in [0.25, 0.3) is 21.7 Å². The van der Waals surface area contributed by atoms with Gasteiger partial charge in [-0.2, -0.15) is 0 Å². The summed E-state index contributed by atoms with van der Waals surface area (Å²) in [5.41, 5.74) is 0.826. The highest BCUT2D eigenvalue weighted by Gasteiger charge is 2.30. The van der Waals surface area contributed by atoms with Gasteiger partial charge in [0.25, 0.3) is 5.56 Å². The molecule has 2 aromatic carbocycles. The van der Waals surface area contributed by atoms with Crippen molar-refractivity contribution in [1.82, 2.24) is 14.6 Å². The van der Waals surface area contributed by atoms with Crippen molar-refractivity contribution in [3.8, 4) is 11.5 Å². The number of aromatic nitrogens is 2. The van der Waals surface area contributed by atoms with E-state index in [9.17, 15) is 9.59 Å². The first-order valence-corrected chi connectivity index (χ1v) is 13.7. The van der Waals surface area contributed by atoms with Gasteiger partial charge in [0.05, 0.1) is 36.3 Å². The number of fused-ring (bicyclic) bond motifs is 3. The van der Waals surface area contributed by atoms with E-state index in [0.717, 1.165) is 10.6 Å². The van der Waals surface area contributed by atoms with Gasteiger partial charge in [-0.15, -0.1) is 5.06 Å². The Kier molecular flexibility index (Phi) is 8.56. The Labute approximate surface area is 239 Å². The third kappa shape index (κ3) is 6.61. The van der Waals surface area contributed by atoms with Crippen LogP contribution in [0.3, 0.4) is 0 Å². The monoisotopic (exact) mass is 563 g/mol. The van der Waals surface area contributed by atoms with Gasteiger partial charge >= 0.3 is 6.09 Å². The van der Waals surface area contributed by atoms with E-state index in [2.05, 4.69) is 4.98 Å². The smallest absolute Gasteiger partial charge is 0.443 e. The molecular weight excluding hydrogens is 525 g/mol. The topological polar surface area (TPSA) is 82.9 Å². The van der Waals surface area contributed by atoms with E-state index in [1.54, 1.807) is 51.6 Å². The molecule has 4 rings (SSSR count). The first kappa shape index (κ1) is 29.8. The molecule has 218 valence electrons. The average Bonchev–Trinajstić information content (AvgIpc) is 2.88. The van der Waals surface area contributed by atoms with Crippen LogP contribution in [0.2, 0.25) is 0 Å². The van der Waals surface area contributed by atoms with Crippen LogP contribution >= 0.6 is 0 Å². The number of hydroxylamine groups is 2. The maximum absolute atomic E-state index is 15.8. The number of carbonyl (C=O) groups excluding carboxylic acids is 1. The van der Waals surface area contributed by atoms with Crippen LogP contribution < -0.4 is 15.1 Å². The summed E-state index contributed by atoms with van der Waals surface area (Å²) in [6, 6.07) is 11.5. The van der Waals surface area contributed by atoms with E-state index in [4.69, 9.17) is 14.3 Å². The van der Waals surface area contributed by atoms with Crippen molar-refractivity contribution in [2.45, 2.75) is 73.1 Å². The number of pyridine rings is 2. The quantitative estimate of drug-likeness (QED) is 0.169. The standard InChI is InChI=1S/C32H38FN3O5/c1-19(2)15-20(3)36(31(38)40-32(5,6)7)41-28-17-27-25(16-26(28)33)24-13-14-34-21(4)29(24)30(37)35(27)18-22-9-11-23(39-8)12-10-22/h9-14,16-17,19-20H,15,18H2,1-8H3. The minimum Gasteiger partial charge on any atom is -0.497 e. The molecule has 1 atom stereocenters. The van der Waals surface area contributed by atoms with Crippen LogP contribution in [-0.4, -0.2) is 39.5 Å². The van der Waals surface area contributed by atoms with Crippen LogP contribution in [0.5, 0.6) is 11.5 Å². The minimum absolute atomic E-state index is 0.188. The predicted molar refractivity (Wildman–Crippen MR) is 158 cm³/mol. The summed E-state index contributed by atoms with van der Waals surface area (Å²) < 4.78 is 28.2. The molecular formula is C32H38FN3O5. The summed E-state index contributed by atoms with van der Waals surface area (Å²) in [7, 11) is 1.59. The Hall–Kier alpha value is -4.14.